The Hall–Kier alpha value is -1.99. The van der Waals surface area contributed by atoms with Crippen LogP contribution in [0.1, 0.15) is 12.5 Å². The molecule has 4 nitrogen and oxygen atoms in total. The number of thioether (sulfide) groups is 1. The molecule has 1 atom stereocenters. The molecular formula is C17H16FN3OS2. The van der Waals surface area contributed by atoms with Crippen molar-refractivity contribution in [2.75, 3.05) is 6.54 Å². The molecule has 1 N–H and O–H groups in total. The van der Waals surface area contributed by atoms with Crippen LogP contribution in [0.3, 0.4) is 0 Å². The first kappa shape index (κ1) is 16.9. The molecule has 7 heteroatoms. The van der Waals surface area contributed by atoms with Gasteiger partial charge in [0.2, 0.25) is 5.91 Å². The minimum absolute atomic E-state index is 0.0379. The second-order valence-electron chi connectivity index (χ2n) is 5.25. The van der Waals surface area contributed by atoms with E-state index in [0.717, 1.165) is 20.8 Å². The first-order chi connectivity index (χ1) is 11.6. The van der Waals surface area contributed by atoms with E-state index >= 15 is 0 Å². The standard InChI is InChI=1S/C17H16FN3OS2/c1-11(24-17-14-7-9-23-16(14)20-10-21-17)15(22)19-8-6-12-2-4-13(18)5-3-12/h2-5,7,9-11H,6,8H2,1H3,(H,19,22)/t11-/m0/s1. The van der Waals surface area contributed by atoms with Crippen LogP contribution in [0.4, 0.5) is 4.39 Å². The quantitative estimate of drug-likeness (QED) is 0.538. The minimum atomic E-state index is -0.254. The molecule has 0 aliphatic carbocycles. The van der Waals surface area contributed by atoms with Crippen LogP contribution in [0.5, 0.6) is 0 Å². The Labute approximate surface area is 147 Å². The van der Waals surface area contributed by atoms with Crippen LogP contribution < -0.4 is 5.32 Å². The second kappa shape index (κ2) is 7.72. The number of amides is 1. The van der Waals surface area contributed by atoms with Crippen LogP contribution in [-0.2, 0) is 11.2 Å². The average molecular weight is 361 g/mol. The van der Waals surface area contributed by atoms with Gasteiger partial charge in [0.15, 0.2) is 0 Å². The van der Waals surface area contributed by atoms with Crippen LogP contribution in [0, 0.1) is 5.82 Å². The van der Waals surface area contributed by atoms with Gasteiger partial charge in [0.1, 0.15) is 22.0 Å². The van der Waals surface area contributed by atoms with Crippen molar-refractivity contribution >= 4 is 39.2 Å². The fourth-order valence-electron chi connectivity index (χ4n) is 2.21. The minimum Gasteiger partial charge on any atom is -0.355 e. The molecule has 2 aromatic heterocycles. The topological polar surface area (TPSA) is 54.9 Å². The largest absolute Gasteiger partial charge is 0.355 e. The molecule has 3 aromatic rings. The molecular weight excluding hydrogens is 345 g/mol. The lowest BCUT2D eigenvalue weighted by molar-refractivity contribution is -0.120. The summed E-state index contributed by atoms with van der Waals surface area (Å²) in [4.78, 5) is 21.7. The molecule has 2 heterocycles. The maximum absolute atomic E-state index is 12.9. The van der Waals surface area contributed by atoms with E-state index in [0.29, 0.717) is 13.0 Å². The fourth-order valence-corrected chi connectivity index (χ4v) is 3.93. The molecule has 1 amide bonds. The Kier molecular flexibility index (Phi) is 5.42. The maximum Gasteiger partial charge on any atom is 0.233 e. The normalized spacial score (nSPS) is 12.2. The molecule has 0 aliphatic heterocycles. The monoisotopic (exact) mass is 361 g/mol. The van der Waals surface area contributed by atoms with E-state index in [1.165, 1.54) is 30.2 Å². The maximum atomic E-state index is 12.9. The lowest BCUT2D eigenvalue weighted by Crippen LogP contribution is -2.32. The number of hydrogen-bond donors (Lipinski definition) is 1. The first-order valence-corrected chi connectivity index (χ1v) is 9.26. The van der Waals surface area contributed by atoms with Gasteiger partial charge in [-0.1, -0.05) is 23.9 Å². The summed E-state index contributed by atoms with van der Waals surface area (Å²) >= 11 is 2.99. The van der Waals surface area contributed by atoms with Gasteiger partial charge in [-0.05, 0) is 42.5 Å². The smallest absolute Gasteiger partial charge is 0.233 e. The van der Waals surface area contributed by atoms with E-state index < -0.39 is 0 Å². The summed E-state index contributed by atoms with van der Waals surface area (Å²) in [7, 11) is 0. The molecule has 124 valence electrons. The molecule has 0 aliphatic rings. The number of carbonyl (C=O) groups is 1. The number of fused-ring (bicyclic) bond motifs is 1. The molecule has 24 heavy (non-hydrogen) atoms. The van der Waals surface area contributed by atoms with E-state index in [9.17, 15) is 9.18 Å². The third kappa shape index (κ3) is 4.10. The van der Waals surface area contributed by atoms with Crippen LogP contribution in [0.2, 0.25) is 0 Å². The summed E-state index contributed by atoms with van der Waals surface area (Å²) in [6, 6.07) is 8.29. The molecule has 0 fully saturated rings. The molecule has 0 bridgehead atoms. The highest BCUT2D eigenvalue weighted by atomic mass is 32.2. The number of hydrogen-bond acceptors (Lipinski definition) is 5. The Morgan fingerprint density at radius 2 is 2.08 bits per heavy atom. The van der Waals surface area contributed by atoms with Crippen molar-refractivity contribution in [1.82, 2.24) is 15.3 Å². The molecule has 0 spiro atoms. The van der Waals surface area contributed by atoms with Crippen molar-refractivity contribution < 1.29 is 9.18 Å². The van der Waals surface area contributed by atoms with E-state index in [1.54, 1.807) is 23.5 Å². The summed E-state index contributed by atoms with van der Waals surface area (Å²) in [5.74, 6) is -0.290. The van der Waals surface area contributed by atoms with Gasteiger partial charge in [0.25, 0.3) is 0 Å². The lowest BCUT2D eigenvalue weighted by Gasteiger charge is -2.12. The Morgan fingerprint density at radius 3 is 2.88 bits per heavy atom. The number of thiophene rings is 1. The number of benzene rings is 1. The van der Waals surface area contributed by atoms with Gasteiger partial charge in [-0.2, -0.15) is 0 Å². The van der Waals surface area contributed by atoms with Gasteiger partial charge in [0.05, 0.1) is 5.25 Å². The number of nitrogens with zero attached hydrogens (tertiary/aromatic N) is 2. The highest BCUT2D eigenvalue weighted by Crippen LogP contribution is 2.30. The van der Waals surface area contributed by atoms with E-state index in [-0.39, 0.29) is 17.0 Å². The van der Waals surface area contributed by atoms with Crippen LogP contribution in [0.25, 0.3) is 10.2 Å². The molecule has 0 saturated carbocycles. The lowest BCUT2D eigenvalue weighted by atomic mass is 10.1. The van der Waals surface area contributed by atoms with Crippen molar-refractivity contribution in [1.29, 1.82) is 0 Å². The predicted molar refractivity (Wildman–Crippen MR) is 95.8 cm³/mol. The first-order valence-electron chi connectivity index (χ1n) is 7.50. The number of nitrogens with one attached hydrogen (secondary N) is 1. The zero-order valence-corrected chi connectivity index (χ0v) is 14.7. The van der Waals surface area contributed by atoms with Crippen molar-refractivity contribution in [2.45, 2.75) is 23.6 Å². The third-order valence-corrected chi connectivity index (χ3v) is 5.45. The van der Waals surface area contributed by atoms with Crippen molar-refractivity contribution in [2.24, 2.45) is 0 Å². The van der Waals surface area contributed by atoms with Crippen LogP contribution in [0.15, 0.2) is 47.1 Å². The van der Waals surface area contributed by atoms with Gasteiger partial charge in [-0.3, -0.25) is 4.79 Å². The second-order valence-corrected chi connectivity index (χ2v) is 7.47. The Bertz CT molecular complexity index is 835. The predicted octanol–water partition coefficient (Wildman–Crippen LogP) is 3.67. The summed E-state index contributed by atoms with van der Waals surface area (Å²) in [6.07, 6.45) is 2.20. The van der Waals surface area contributed by atoms with Crippen molar-refractivity contribution in [3.05, 3.63) is 53.4 Å². The number of rotatable bonds is 6. The number of carbonyl (C=O) groups excluding carboxylic acids is 1. The van der Waals surface area contributed by atoms with E-state index in [4.69, 9.17) is 0 Å². The summed E-state index contributed by atoms with van der Waals surface area (Å²) < 4.78 is 12.9. The Balaban J connectivity index is 1.53. The number of aromatic nitrogens is 2. The van der Waals surface area contributed by atoms with E-state index in [2.05, 4.69) is 15.3 Å². The van der Waals surface area contributed by atoms with Gasteiger partial charge < -0.3 is 5.32 Å². The van der Waals surface area contributed by atoms with Gasteiger partial charge >= 0.3 is 0 Å². The van der Waals surface area contributed by atoms with Gasteiger partial charge in [-0.15, -0.1) is 11.3 Å². The highest BCUT2D eigenvalue weighted by molar-refractivity contribution is 8.00. The molecule has 1 aromatic carbocycles. The van der Waals surface area contributed by atoms with Crippen molar-refractivity contribution in [3.8, 4) is 0 Å². The molecule has 0 saturated heterocycles. The molecule has 0 unspecified atom stereocenters. The van der Waals surface area contributed by atoms with Crippen LogP contribution in [-0.4, -0.2) is 27.7 Å². The Morgan fingerprint density at radius 1 is 1.29 bits per heavy atom. The SMILES string of the molecule is C[C@H](Sc1ncnc2sccc12)C(=O)NCCc1ccc(F)cc1. The van der Waals surface area contributed by atoms with E-state index in [1.807, 2.05) is 18.4 Å². The zero-order valence-electron chi connectivity index (χ0n) is 13.0. The van der Waals surface area contributed by atoms with Gasteiger partial charge in [0, 0.05) is 11.9 Å². The summed E-state index contributed by atoms with van der Waals surface area (Å²) in [5, 5.41) is 6.44. The van der Waals surface area contributed by atoms with Crippen molar-refractivity contribution in [3.63, 3.8) is 0 Å². The molecule has 3 rings (SSSR count). The van der Waals surface area contributed by atoms with Crippen LogP contribution >= 0.6 is 23.1 Å². The zero-order chi connectivity index (χ0) is 16.9. The summed E-state index contributed by atoms with van der Waals surface area (Å²) in [5.41, 5.74) is 0.993. The fraction of sp³-hybridized carbons (Fsp3) is 0.235. The third-order valence-electron chi connectivity index (χ3n) is 3.51. The molecule has 0 radical (unpaired) electrons. The average Bonchev–Trinajstić information content (AvgIpc) is 3.06. The number of halogens is 1. The summed E-state index contributed by atoms with van der Waals surface area (Å²) in [6.45, 7) is 2.38. The van der Waals surface area contributed by atoms with Gasteiger partial charge in [-0.25, -0.2) is 14.4 Å². The highest BCUT2D eigenvalue weighted by Gasteiger charge is 2.16.